The van der Waals surface area contributed by atoms with Gasteiger partial charge in [-0.2, -0.15) is 5.26 Å². The minimum atomic E-state index is 0.125. The molecule has 96 valence electrons. The van der Waals surface area contributed by atoms with Crippen LogP contribution in [0, 0.1) is 17.2 Å². The van der Waals surface area contributed by atoms with E-state index in [1.807, 2.05) is 18.2 Å². The van der Waals surface area contributed by atoms with Crippen LogP contribution in [0.1, 0.15) is 31.4 Å². The maximum Gasteiger partial charge on any atom is 0.0625 e. The van der Waals surface area contributed by atoms with E-state index < -0.39 is 0 Å². The molecule has 0 radical (unpaired) electrons. The van der Waals surface area contributed by atoms with E-state index in [1.165, 1.54) is 5.56 Å². The maximum absolute atomic E-state index is 9.58. The van der Waals surface area contributed by atoms with Crippen molar-refractivity contribution in [1.29, 1.82) is 5.26 Å². The predicted octanol–water partition coefficient (Wildman–Crippen LogP) is 2.34. The van der Waals surface area contributed by atoms with Gasteiger partial charge in [0.25, 0.3) is 0 Å². The number of aliphatic hydroxyl groups is 1. The molecule has 2 rings (SSSR count). The molecule has 0 unspecified atom stereocenters. The van der Waals surface area contributed by atoms with Crippen molar-refractivity contribution in [3.05, 3.63) is 35.9 Å². The van der Waals surface area contributed by atoms with Crippen molar-refractivity contribution < 1.29 is 5.11 Å². The monoisotopic (exact) mass is 244 g/mol. The Balaban J connectivity index is 2.12. The second-order valence-corrected chi connectivity index (χ2v) is 4.99. The van der Waals surface area contributed by atoms with Gasteiger partial charge in [-0.1, -0.05) is 30.3 Å². The lowest BCUT2D eigenvalue weighted by molar-refractivity contribution is 0.106. The molecule has 1 N–H and O–H groups in total. The zero-order valence-electron chi connectivity index (χ0n) is 10.8. The molecule has 0 bridgehead atoms. The minimum absolute atomic E-state index is 0.125. The molecule has 1 aliphatic heterocycles. The predicted molar refractivity (Wildman–Crippen MR) is 70.8 cm³/mol. The van der Waals surface area contributed by atoms with Crippen LogP contribution in [0.4, 0.5) is 0 Å². The van der Waals surface area contributed by atoms with E-state index in [1.54, 1.807) is 0 Å². The highest BCUT2D eigenvalue weighted by Gasteiger charge is 2.36. The number of hydrogen-bond donors (Lipinski definition) is 1. The number of nitriles is 1. The number of likely N-dealkylation sites (tertiary alicyclic amines) is 1. The van der Waals surface area contributed by atoms with Gasteiger partial charge in [0, 0.05) is 18.5 Å². The smallest absolute Gasteiger partial charge is 0.0625 e. The van der Waals surface area contributed by atoms with Crippen LogP contribution < -0.4 is 0 Å². The Hall–Kier alpha value is -1.37. The largest absolute Gasteiger partial charge is 0.395 e. The number of nitrogens with zero attached hydrogens (tertiary/aromatic N) is 2. The van der Waals surface area contributed by atoms with Crippen molar-refractivity contribution in [1.82, 2.24) is 4.90 Å². The summed E-state index contributed by atoms with van der Waals surface area (Å²) in [5, 5.41) is 18.4. The summed E-state index contributed by atoms with van der Waals surface area (Å²) < 4.78 is 0. The van der Waals surface area contributed by atoms with Gasteiger partial charge >= 0.3 is 0 Å². The third kappa shape index (κ3) is 2.55. The van der Waals surface area contributed by atoms with Crippen molar-refractivity contribution in [3.63, 3.8) is 0 Å². The van der Waals surface area contributed by atoms with Crippen molar-refractivity contribution >= 4 is 0 Å². The van der Waals surface area contributed by atoms with Crippen molar-refractivity contribution in [2.75, 3.05) is 13.2 Å². The standard InChI is InChI=1S/C15H20N2O/c1-12(13-5-3-2-4-6-13)17-10-8-14(7-9-16)15(17)11-18/h2-6,12,14-15,18H,7-8,10-11H2,1H3/t12-,14+,15+/m0/s1. The Morgan fingerprint density at radius 3 is 2.78 bits per heavy atom. The van der Waals surface area contributed by atoms with Crippen LogP contribution in [0.25, 0.3) is 0 Å². The fourth-order valence-corrected chi connectivity index (χ4v) is 2.96. The van der Waals surface area contributed by atoms with E-state index in [4.69, 9.17) is 5.26 Å². The molecule has 1 heterocycles. The molecule has 1 fully saturated rings. The Morgan fingerprint density at radius 1 is 1.44 bits per heavy atom. The third-order valence-electron chi connectivity index (χ3n) is 4.05. The Labute approximate surface area is 109 Å². The number of benzene rings is 1. The van der Waals surface area contributed by atoms with Gasteiger partial charge in [-0.15, -0.1) is 0 Å². The Bertz CT molecular complexity index is 412. The molecule has 0 aliphatic carbocycles. The molecule has 3 nitrogen and oxygen atoms in total. The lowest BCUT2D eigenvalue weighted by atomic mass is 9.97. The molecule has 3 atom stereocenters. The van der Waals surface area contributed by atoms with Crippen LogP contribution in [0.2, 0.25) is 0 Å². The Kier molecular flexibility index (Phi) is 4.35. The van der Waals surface area contributed by atoms with Gasteiger partial charge in [-0.05, 0) is 31.4 Å². The van der Waals surface area contributed by atoms with Crippen molar-refractivity contribution in [2.45, 2.75) is 31.8 Å². The summed E-state index contributed by atoms with van der Waals surface area (Å²) >= 11 is 0. The first-order valence-electron chi connectivity index (χ1n) is 6.56. The Morgan fingerprint density at radius 2 is 2.17 bits per heavy atom. The van der Waals surface area contributed by atoms with Crippen LogP contribution in [-0.2, 0) is 0 Å². The number of rotatable bonds is 4. The minimum Gasteiger partial charge on any atom is -0.395 e. The maximum atomic E-state index is 9.58. The summed E-state index contributed by atoms with van der Waals surface area (Å²) in [7, 11) is 0. The molecule has 1 aliphatic rings. The van der Waals surface area contributed by atoms with Gasteiger partial charge in [0.05, 0.1) is 12.7 Å². The van der Waals surface area contributed by atoms with Crippen molar-refractivity contribution in [2.24, 2.45) is 5.92 Å². The van der Waals surface area contributed by atoms with Gasteiger partial charge in [-0.25, -0.2) is 0 Å². The van der Waals surface area contributed by atoms with E-state index in [-0.39, 0.29) is 12.6 Å². The van der Waals surface area contributed by atoms with E-state index in [2.05, 4.69) is 30.0 Å². The van der Waals surface area contributed by atoms with E-state index in [0.717, 1.165) is 13.0 Å². The average Bonchev–Trinajstić information content (AvgIpc) is 2.82. The first-order valence-corrected chi connectivity index (χ1v) is 6.56. The number of aliphatic hydroxyl groups excluding tert-OH is 1. The first-order chi connectivity index (χ1) is 8.77. The quantitative estimate of drug-likeness (QED) is 0.884. The summed E-state index contributed by atoms with van der Waals surface area (Å²) in [6.07, 6.45) is 1.55. The lowest BCUT2D eigenvalue weighted by Crippen LogP contribution is -2.37. The highest BCUT2D eigenvalue weighted by molar-refractivity contribution is 5.19. The normalized spacial score (nSPS) is 25.8. The molecule has 1 aromatic rings. The molecule has 0 saturated carbocycles. The topological polar surface area (TPSA) is 47.3 Å². The zero-order chi connectivity index (χ0) is 13.0. The van der Waals surface area contributed by atoms with Crippen LogP contribution in [0.3, 0.4) is 0 Å². The van der Waals surface area contributed by atoms with Gasteiger partial charge in [0.2, 0.25) is 0 Å². The van der Waals surface area contributed by atoms with E-state index in [0.29, 0.717) is 18.4 Å². The van der Waals surface area contributed by atoms with Gasteiger partial charge in [-0.3, -0.25) is 4.90 Å². The first kappa shape index (κ1) is 13.1. The average molecular weight is 244 g/mol. The summed E-state index contributed by atoms with van der Waals surface area (Å²) in [4.78, 5) is 2.33. The summed E-state index contributed by atoms with van der Waals surface area (Å²) in [5.41, 5.74) is 1.27. The third-order valence-corrected chi connectivity index (χ3v) is 4.05. The fourth-order valence-electron chi connectivity index (χ4n) is 2.96. The van der Waals surface area contributed by atoms with Gasteiger partial charge in [0.15, 0.2) is 0 Å². The molecule has 18 heavy (non-hydrogen) atoms. The van der Waals surface area contributed by atoms with Gasteiger partial charge in [0.1, 0.15) is 0 Å². The molecule has 3 heteroatoms. The van der Waals surface area contributed by atoms with Crippen LogP contribution in [0.15, 0.2) is 30.3 Å². The summed E-state index contributed by atoms with van der Waals surface area (Å²) in [6, 6.07) is 13.0. The second-order valence-electron chi connectivity index (χ2n) is 4.99. The molecule has 0 spiro atoms. The van der Waals surface area contributed by atoms with Crippen LogP contribution >= 0.6 is 0 Å². The molecular formula is C15H20N2O. The van der Waals surface area contributed by atoms with Crippen molar-refractivity contribution in [3.8, 4) is 6.07 Å². The number of hydrogen-bond acceptors (Lipinski definition) is 3. The second kappa shape index (κ2) is 5.99. The highest BCUT2D eigenvalue weighted by atomic mass is 16.3. The molecule has 0 amide bonds. The molecule has 1 saturated heterocycles. The van der Waals surface area contributed by atoms with Gasteiger partial charge < -0.3 is 5.11 Å². The SMILES string of the molecule is C[C@@H](c1ccccc1)N1CC[C@@H](CC#N)[C@H]1CO. The van der Waals surface area contributed by atoms with E-state index >= 15 is 0 Å². The molecule has 1 aromatic carbocycles. The van der Waals surface area contributed by atoms with E-state index in [9.17, 15) is 5.11 Å². The summed E-state index contributed by atoms with van der Waals surface area (Å²) in [5.74, 6) is 0.311. The van der Waals surface area contributed by atoms with Crippen LogP contribution in [0.5, 0.6) is 0 Å². The molecular weight excluding hydrogens is 224 g/mol. The highest BCUT2D eigenvalue weighted by Crippen LogP contribution is 2.33. The fraction of sp³-hybridized carbons (Fsp3) is 0.533. The zero-order valence-corrected chi connectivity index (χ0v) is 10.8. The molecule has 0 aromatic heterocycles. The van der Waals surface area contributed by atoms with Crippen LogP contribution in [-0.4, -0.2) is 29.2 Å². The summed E-state index contributed by atoms with van der Waals surface area (Å²) in [6.45, 7) is 3.28. The lowest BCUT2D eigenvalue weighted by Gasteiger charge is -2.31.